The topological polar surface area (TPSA) is 77.2 Å². The van der Waals surface area contributed by atoms with Crippen LogP contribution in [0.1, 0.15) is 11.3 Å². The van der Waals surface area contributed by atoms with Crippen molar-refractivity contribution in [3.8, 4) is 5.75 Å². The number of benzene rings is 1. The number of anilines is 1. The van der Waals surface area contributed by atoms with E-state index in [1.165, 1.54) is 0 Å². The molecule has 0 spiro atoms. The first-order valence-corrected chi connectivity index (χ1v) is 6.80. The highest BCUT2D eigenvalue weighted by Crippen LogP contribution is 2.13. The number of carbonyl (C=O) groups excluding carboxylic acids is 1. The number of nitrogens with two attached hydrogens (primary N) is 1. The Morgan fingerprint density at radius 1 is 1.33 bits per heavy atom. The third kappa shape index (κ3) is 4.80. The Labute approximate surface area is 124 Å². The monoisotopic (exact) mass is 285 g/mol. The second-order valence-corrected chi connectivity index (χ2v) is 4.71. The van der Waals surface area contributed by atoms with Gasteiger partial charge in [0.05, 0.1) is 18.7 Å². The number of nitrogens with one attached hydrogen (secondary N) is 1. The number of hydrogen-bond acceptors (Lipinski definition) is 4. The molecule has 5 nitrogen and oxygen atoms in total. The van der Waals surface area contributed by atoms with Gasteiger partial charge in [-0.1, -0.05) is 12.1 Å². The molecule has 5 heteroatoms. The van der Waals surface area contributed by atoms with E-state index in [1.54, 1.807) is 18.3 Å². The zero-order valence-corrected chi connectivity index (χ0v) is 12.0. The molecular formula is C16H19N3O2. The molecule has 0 fully saturated rings. The van der Waals surface area contributed by atoms with Crippen LogP contribution in [0.2, 0.25) is 0 Å². The minimum Gasteiger partial charge on any atom is -0.492 e. The van der Waals surface area contributed by atoms with Crippen LogP contribution in [-0.4, -0.2) is 24.0 Å². The van der Waals surface area contributed by atoms with Gasteiger partial charge in [-0.2, -0.15) is 0 Å². The lowest BCUT2D eigenvalue weighted by atomic mass is 10.1. The summed E-state index contributed by atoms with van der Waals surface area (Å²) in [4.78, 5) is 16.0. The molecule has 0 bridgehead atoms. The molecule has 1 amide bonds. The second kappa shape index (κ2) is 7.28. The molecule has 1 aromatic carbocycles. The Hall–Kier alpha value is -2.56. The molecule has 1 aromatic heterocycles. The zero-order valence-electron chi connectivity index (χ0n) is 12.0. The number of carbonyl (C=O) groups is 1. The molecule has 1 heterocycles. The first kappa shape index (κ1) is 14.8. The van der Waals surface area contributed by atoms with Crippen molar-refractivity contribution in [2.24, 2.45) is 0 Å². The summed E-state index contributed by atoms with van der Waals surface area (Å²) in [6.07, 6.45) is 1.98. The Kier molecular flexibility index (Phi) is 5.15. The van der Waals surface area contributed by atoms with Crippen molar-refractivity contribution in [3.63, 3.8) is 0 Å². The molecule has 0 saturated heterocycles. The van der Waals surface area contributed by atoms with E-state index in [0.717, 1.165) is 11.3 Å². The van der Waals surface area contributed by atoms with E-state index >= 15 is 0 Å². The number of hydrogen-bond donors (Lipinski definition) is 2. The molecule has 0 aliphatic rings. The van der Waals surface area contributed by atoms with Gasteiger partial charge in [0.15, 0.2) is 0 Å². The average Bonchev–Trinajstić information content (AvgIpc) is 2.46. The Morgan fingerprint density at radius 2 is 2.19 bits per heavy atom. The molecule has 0 aliphatic carbocycles. The number of aryl methyl sites for hydroxylation is 1. The average molecular weight is 285 g/mol. The summed E-state index contributed by atoms with van der Waals surface area (Å²) in [5, 5.41) is 2.81. The van der Waals surface area contributed by atoms with Crippen molar-refractivity contribution in [2.45, 2.75) is 13.3 Å². The molecule has 3 N–H and O–H groups in total. The quantitative estimate of drug-likeness (QED) is 0.625. The summed E-state index contributed by atoms with van der Waals surface area (Å²) < 4.78 is 5.50. The molecule has 0 aliphatic heterocycles. The van der Waals surface area contributed by atoms with Gasteiger partial charge in [-0.15, -0.1) is 0 Å². The third-order valence-electron chi connectivity index (χ3n) is 3.00. The summed E-state index contributed by atoms with van der Waals surface area (Å²) in [6.45, 7) is 2.79. The van der Waals surface area contributed by atoms with Crippen molar-refractivity contribution < 1.29 is 9.53 Å². The maximum atomic E-state index is 11.8. The van der Waals surface area contributed by atoms with Crippen molar-refractivity contribution in [2.75, 3.05) is 18.9 Å². The minimum absolute atomic E-state index is 0.0621. The van der Waals surface area contributed by atoms with E-state index in [9.17, 15) is 4.79 Å². The van der Waals surface area contributed by atoms with Crippen molar-refractivity contribution in [1.29, 1.82) is 0 Å². The van der Waals surface area contributed by atoms with Gasteiger partial charge in [-0.25, -0.2) is 0 Å². The molecule has 0 radical (unpaired) electrons. The summed E-state index contributed by atoms with van der Waals surface area (Å²) in [5.74, 6) is 0.637. The van der Waals surface area contributed by atoms with E-state index < -0.39 is 0 Å². The summed E-state index contributed by atoms with van der Waals surface area (Å²) in [7, 11) is 0. The van der Waals surface area contributed by atoms with E-state index in [4.69, 9.17) is 10.5 Å². The molecule has 0 unspecified atom stereocenters. The number of nitrogens with zero attached hydrogens (tertiary/aromatic N) is 1. The third-order valence-corrected chi connectivity index (χ3v) is 3.00. The number of ether oxygens (including phenoxy) is 1. The lowest BCUT2D eigenvalue weighted by Gasteiger charge is -2.08. The Bertz CT molecular complexity index is 614. The van der Waals surface area contributed by atoms with Crippen LogP contribution >= 0.6 is 0 Å². The van der Waals surface area contributed by atoms with Crippen molar-refractivity contribution in [1.82, 2.24) is 10.3 Å². The highest BCUT2D eigenvalue weighted by Gasteiger charge is 2.06. The van der Waals surface area contributed by atoms with Gasteiger partial charge in [0.2, 0.25) is 5.91 Å². The minimum atomic E-state index is -0.0621. The molecule has 2 aromatic rings. The van der Waals surface area contributed by atoms with Gasteiger partial charge in [-0.3, -0.25) is 9.78 Å². The van der Waals surface area contributed by atoms with Crippen LogP contribution in [0.15, 0.2) is 42.6 Å². The smallest absolute Gasteiger partial charge is 0.226 e. The first-order chi connectivity index (χ1) is 10.1. The van der Waals surface area contributed by atoms with Crippen molar-refractivity contribution in [3.05, 3.63) is 53.9 Å². The van der Waals surface area contributed by atoms with Gasteiger partial charge in [0.1, 0.15) is 12.4 Å². The van der Waals surface area contributed by atoms with Crippen LogP contribution in [-0.2, 0) is 11.2 Å². The molecule has 2 rings (SSSR count). The fraction of sp³-hybridized carbons (Fsp3) is 0.250. The van der Waals surface area contributed by atoms with Crippen molar-refractivity contribution >= 4 is 11.6 Å². The summed E-state index contributed by atoms with van der Waals surface area (Å²) in [6, 6.07) is 11.0. The number of amides is 1. The first-order valence-electron chi connectivity index (χ1n) is 6.80. The number of pyridine rings is 1. The highest BCUT2D eigenvalue weighted by atomic mass is 16.5. The fourth-order valence-electron chi connectivity index (χ4n) is 1.88. The maximum absolute atomic E-state index is 11.8. The van der Waals surface area contributed by atoms with Gasteiger partial charge >= 0.3 is 0 Å². The Balaban J connectivity index is 1.71. The second-order valence-electron chi connectivity index (χ2n) is 4.71. The number of nitrogen functional groups attached to an aromatic ring is 1. The standard InChI is InChI=1S/C16H19N3O2/c1-12-4-3-7-18-15(12)11-16(20)19-8-9-21-14-6-2-5-13(17)10-14/h2-7,10H,8-9,11,17H2,1H3,(H,19,20). The van der Waals surface area contributed by atoms with E-state index in [-0.39, 0.29) is 12.3 Å². The maximum Gasteiger partial charge on any atom is 0.226 e. The molecular weight excluding hydrogens is 266 g/mol. The van der Waals surface area contributed by atoms with E-state index in [2.05, 4.69) is 10.3 Å². The lowest BCUT2D eigenvalue weighted by molar-refractivity contribution is -0.120. The zero-order chi connectivity index (χ0) is 15.1. The largest absolute Gasteiger partial charge is 0.492 e. The summed E-state index contributed by atoms with van der Waals surface area (Å²) >= 11 is 0. The van der Waals surface area contributed by atoms with Crippen LogP contribution in [0.25, 0.3) is 0 Å². The highest BCUT2D eigenvalue weighted by molar-refractivity contribution is 5.78. The van der Waals surface area contributed by atoms with E-state index in [1.807, 2.05) is 31.2 Å². The van der Waals surface area contributed by atoms with Crippen LogP contribution < -0.4 is 15.8 Å². The van der Waals surface area contributed by atoms with Gasteiger partial charge in [0.25, 0.3) is 0 Å². The molecule has 21 heavy (non-hydrogen) atoms. The normalized spacial score (nSPS) is 10.1. The van der Waals surface area contributed by atoms with Crippen LogP contribution in [0, 0.1) is 6.92 Å². The van der Waals surface area contributed by atoms with Gasteiger partial charge in [0, 0.05) is 18.0 Å². The number of rotatable bonds is 6. The Morgan fingerprint density at radius 3 is 2.95 bits per heavy atom. The fourth-order valence-corrected chi connectivity index (χ4v) is 1.88. The predicted octanol–water partition coefficient (Wildman–Crippen LogP) is 1.71. The molecule has 0 atom stereocenters. The van der Waals surface area contributed by atoms with Gasteiger partial charge in [-0.05, 0) is 30.7 Å². The molecule has 110 valence electrons. The SMILES string of the molecule is Cc1cccnc1CC(=O)NCCOc1cccc(N)c1. The number of aromatic nitrogens is 1. The summed E-state index contributed by atoms with van der Waals surface area (Å²) in [5.41, 5.74) is 8.12. The van der Waals surface area contributed by atoms with Crippen LogP contribution in [0.5, 0.6) is 5.75 Å². The van der Waals surface area contributed by atoms with E-state index in [0.29, 0.717) is 24.6 Å². The van der Waals surface area contributed by atoms with Crippen LogP contribution in [0.3, 0.4) is 0 Å². The predicted molar refractivity (Wildman–Crippen MR) is 82.0 cm³/mol. The lowest BCUT2D eigenvalue weighted by Crippen LogP contribution is -2.29. The van der Waals surface area contributed by atoms with Crippen LogP contribution in [0.4, 0.5) is 5.69 Å². The van der Waals surface area contributed by atoms with Gasteiger partial charge < -0.3 is 15.8 Å². The molecule has 0 saturated carbocycles.